The molecule has 3 rings (SSSR count). The van der Waals surface area contributed by atoms with Gasteiger partial charge in [0.25, 0.3) is 0 Å². The first-order valence-electron chi connectivity index (χ1n) is 7.93. The largest absolute Gasteiger partial charge is 0.334 e. The zero-order valence-electron chi connectivity index (χ0n) is 14.1. The number of hydrogen-bond acceptors (Lipinski definition) is 5. The summed E-state index contributed by atoms with van der Waals surface area (Å²) in [6.07, 6.45) is 0. The van der Waals surface area contributed by atoms with E-state index in [-0.39, 0.29) is 11.9 Å². The van der Waals surface area contributed by atoms with Crippen LogP contribution in [0.4, 0.5) is 0 Å². The summed E-state index contributed by atoms with van der Waals surface area (Å²) in [5.41, 5.74) is 2.20. The number of nitrogens with zero attached hydrogens (tertiary/aromatic N) is 3. The molecule has 1 heterocycles. The SMILES string of the molecule is Cc1nnc(SCC(=O)N(C)C(c2ccccc2)c2ccccc2)s1. The lowest BCUT2D eigenvalue weighted by atomic mass is 9.97. The van der Waals surface area contributed by atoms with Crippen molar-refractivity contribution in [3.8, 4) is 0 Å². The number of carbonyl (C=O) groups excluding carboxylic acids is 1. The van der Waals surface area contributed by atoms with Crippen molar-refractivity contribution in [3.63, 3.8) is 0 Å². The topological polar surface area (TPSA) is 46.1 Å². The third-order valence-corrected chi connectivity index (χ3v) is 5.79. The van der Waals surface area contributed by atoms with Crippen LogP contribution in [-0.2, 0) is 4.79 Å². The Morgan fingerprint density at radius 2 is 1.60 bits per heavy atom. The van der Waals surface area contributed by atoms with Gasteiger partial charge in [-0.15, -0.1) is 10.2 Å². The van der Waals surface area contributed by atoms with Gasteiger partial charge in [-0.3, -0.25) is 4.79 Å². The van der Waals surface area contributed by atoms with Gasteiger partial charge >= 0.3 is 0 Å². The van der Waals surface area contributed by atoms with E-state index in [1.807, 2.05) is 55.3 Å². The second-order valence-corrected chi connectivity index (χ2v) is 8.01. The number of thioether (sulfide) groups is 1. The number of hydrogen-bond donors (Lipinski definition) is 0. The Balaban J connectivity index is 1.79. The molecule has 0 aliphatic heterocycles. The highest BCUT2D eigenvalue weighted by Crippen LogP contribution is 2.29. The van der Waals surface area contributed by atoms with Gasteiger partial charge in [-0.2, -0.15) is 0 Å². The maximum atomic E-state index is 12.8. The molecule has 0 saturated heterocycles. The first-order valence-corrected chi connectivity index (χ1v) is 9.74. The zero-order valence-corrected chi connectivity index (χ0v) is 15.8. The third kappa shape index (κ3) is 4.46. The van der Waals surface area contributed by atoms with Crippen LogP contribution in [0.2, 0.25) is 0 Å². The highest BCUT2D eigenvalue weighted by Gasteiger charge is 2.23. The van der Waals surface area contributed by atoms with Gasteiger partial charge in [-0.1, -0.05) is 83.8 Å². The first-order chi connectivity index (χ1) is 12.1. The van der Waals surface area contributed by atoms with E-state index in [1.165, 1.54) is 23.1 Å². The fourth-order valence-corrected chi connectivity index (χ4v) is 4.36. The Labute approximate surface area is 155 Å². The second kappa shape index (κ2) is 8.27. The summed E-state index contributed by atoms with van der Waals surface area (Å²) in [5, 5.41) is 8.97. The Morgan fingerprint density at radius 3 is 2.08 bits per heavy atom. The molecule has 0 unspecified atom stereocenters. The summed E-state index contributed by atoms with van der Waals surface area (Å²) in [4.78, 5) is 14.6. The molecule has 0 spiro atoms. The van der Waals surface area contributed by atoms with E-state index in [1.54, 1.807) is 0 Å². The number of aryl methyl sites for hydroxylation is 1. The minimum atomic E-state index is -0.105. The monoisotopic (exact) mass is 369 g/mol. The number of rotatable bonds is 6. The van der Waals surface area contributed by atoms with E-state index < -0.39 is 0 Å². The summed E-state index contributed by atoms with van der Waals surface area (Å²) in [7, 11) is 1.86. The van der Waals surface area contributed by atoms with Gasteiger partial charge in [0.2, 0.25) is 5.91 Å². The van der Waals surface area contributed by atoms with Gasteiger partial charge in [0, 0.05) is 7.05 Å². The van der Waals surface area contributed by atoms with Gasteiger partial charge in [0.05, 0.1) is 11.8 Å². The molecule has 6 heteroatoms. The number of carbonyl (C=O) groups is 1. The van der Waals surface area contributed by atoms with Crippen molar-refractivity contribution in [2.24, 2.45) is 0 Å². The lowest BCUT2D eigenvalue weighted by Gasteiger charge is -2.29. The third-order valence-electron chi connectivity index (χ3n) is 3.84. The maximum absolute atomic E-state index is 12.8. The predicted octanol–water partition coefficient (Wildman–Crippen LogP) is 4.19. The highest BCUT2D eigenvalue weighted by molar-refractivity contribution is 8.01. The summed E-state index contributed by atoms with van der Waals surface area (Å²) in [6.45, 7) is 1.91. The lowest BCUT2D eigenvalue weighted by Crippen LogP contribution is -2.33. The van der Waals surface area contributed by atoms with Gasteiger partial charge in [-0.25, -0.2) is 0 Å². The van der Waals surface area contributed by atoms with Crippen molar-refractivity contribution in [2.45, 2.75) is 17.3 Å². The minimum absolute atomic E-state index is 0.0653. The van der Waals surface area contributed by atoms with E-state index in [0.717, 1.165) is 20.5 Å². The van der Waals surface area contributed by atoms with Crippen molar-refractivity contribution in [3.05, 3.63) is 76.8 Å². The van der Waals surface area contributed by atoms with Crippen molar-refractivity contribution < 1.29 is 4.79 Å². The predicted molar refractivity (Wildman–Crippen MR) is 103 cm³/mol. The molecule has 0 aliphatic rings. The van der Waals surface area contributed by atoms with Crippen LogP contribution < -0.4 is 0 Å². The van der Waals surface area contributed by atoms with E-state index in [9.17, 15) is 4.79 Å². The second-order valence-electron chi connectivity index (χ2n) is 5.60. The van der Waals surface area contributed by atoms with Crippen LogP contribution in [0.25, 0.3) is 0 Å². The fourth-order valence-electron chi connectivity index (χ4n) is 2.62. The van der Waals surface area contributed by atoms with Gasteiger partial charge in [0.1, 0.15) is 5.01 Å². The lowest BCUT2D eigenvalue weighted by molar-refractivity contribution is -0.128. The minimum Gasteiger partial charge on any atom is -0.334 e. The van der Waals surface area contributed by atoms with Crippen LogP contribution >= 0.6 is 23.1 Å². The molecule has 1 amide bonds. The number of amides is 1. The Bertz CT molecular complexity index is 781. The summed E-state index contributed by atoms with van der Waals surface area (Å²) in [5.74, 6) is 0.414. The molecule has 25 heavy (non-hydrogen) atoms. The van der Waals surface area contributed by atoms with Crippen molar-refractivity contribution in [1.29, 1.82) is 0 Å². The normalized spacial score (nSPS) is 10.8. The molecule has 128 valence electrons. The fraction of sp³-hybridized carbons (Fsp3) is 0.211. The first kappa shape index (κ1) is 17.6. The number of benzene rings is 2. The van der Waals surface area contributed by atoms with Gasteiger partial charge in [0.15, 0.2) is 4.34 Å². The molecule has 0 saturated carbocycles. The molecule has 0 atom stereocenters. The van der Waals surface area contributed by atoms with Crippen LogP contribution in [0.5, 0.6) is 0 Å². The molecular weight excluding hydrogens is 350 g/mol. The van der Waals surface area contributed by atoms with Crippen LogP contribution in [0.3, 0.4) is 0 Å². The molecule has 0 fully saturated rings. The average molecular weight is 370 g/mol. The van der Waals surface area contributed by atoms with Crippen LogP contribution in [0, 0.1) is 6.92 Å². The van der Waals surface area contributed by atoms with Crippen molar-refractivity contribution in [1.82, 2.24) is 15.1 Å². The van der Waals surface area contributed by atoms with E-state index >= 15 is 0 Å². The quantitative estimate of drug-likeness (QED) is 0.611. The highest BCUT2D eigenvalue weighted by atomic mass is 32.2. The standard InChI is InChI=1S/C19H19N3OS2/c1-14-20-21-19(25-14)24-13-17(23)22(2)18(15-9-5-3-6-10-15)16-11-7-4-8-12-16/h3-12,18H,13H2,1-2H3. The Hall–Kier alpha value is -2.18. The summed E-state index contributed by atoms with van der Waals surface area (Å²) < 4.78 is 0.829. The Morgan fingerprint density at radius 1 is 1.04 bits per heavy atom. The molecule has 3 aromatic rings. The van der Waals surface area contributed by atoms with Gasteiger partial charge < -0.3 is 4.90 Å². The van der Waals surface area contributed by atoms with E-state index in [4.69, 9.17) is 0 Å². The number of aromatic nitrogens is 2. The molecule has 1 aromatic heterocycles. The molecule has 0 bridgehead atoms. The average Bonchev–Trinajstić information content (AvgIpc) is 3.07. The Kier molecular flexibility index (Phi) is 5.83. The molecule has 0 aliphatic carbocycles. The summed E-state index contributed by atoms with van der Waals surface area (Å²) >= 11 is 2.95. The molecule has 2 aromatic carbocycles. The van der Waals surface area contributed by atoms with Crippen molar-refractivity contribution >= 4 is 29.0 Å². The molecule has 0 radical (unpaired) electrons. The zero-order chi connectivity index (χ0) is 17.6. The van der Waals surface area contributed by atoms with E-state index in [2.05, 4.69) is 34.5 Å². The summed E-state index contributed by atoms with van der Waals surface area (Å²) in [6, 6.07) is 20.1. The van der Waals surface area contributed by atoms with Crippen molar-refractivity contribution in [2.75, 3.05) is 12.8 Å². The molecular formula is C19H19N3OS2. The molecule has 4 nitrogen and oxygen atoms in total. The maximum Gasteiger partial charge on any atom is 0.233 e. The van der Waals surface area contributed by atoms with Crippen LogP contribution in [0.15, 0.2) is 65.0 Å². The van der Waals surface area contributed by atoms with E-state index in [0.29, 0.717) is 5.75 Å². The smallest absolute Gasteiger partial charge is 0.233 e. The molecule has 0 N–H and O–H groups in total. The van der Waals surface area contributed by atoms with Gasteiger partial charge in [-0.05, 0) is 18.1 Å². The van der Waals surface area contributed by atoms with Crippen LogP contribution in [-0.4, -0.2) is 33.8 Å². The van der Waals surface area contributed by atoms with Crippen LogP contribution in [0.1, 0.15) is 22.2 Å².